The van der Waals surface area contributed by atoms with E-state index in [1.165, 1.54) is 108 Å². The van der Waals surface area contributed by atoms with Crippen molar-refractivity contribution in [2.45, 2.75) is 116 Å². The first-order valence-corrected chi connectivity index (χ1v) is 11.8. The minimum absolute atomic E-state index is 0.975. The van der Waals surface area contributed by atoms with Crippen LogP contribution in [0.3, 0.4) is 0 Å². The Morgan fingerprint density at radius 3 is 1.85 bits per heavy atom. The average Bonchev–Trinajstić information content (AvgIpc) is 2.70. The summed E-state index contributed by atoms with van der Waals surface area (Å²) in [7, 11) is 1.74. The zero-order valence-electron chi connectivity index (χ0n) is 18.3. The van der Waals surface area contributed by atoms with Gasteiger partial charge in [0.2, 0.25) is 0 Å². The van der Waals surface area contributed by atoms with E-state index in [-0.39, 0.29) is 0 Å². The molecular formula is C26H45O. The molecule has 0 heterocycles. The molecule has 27 heavy (non-hydrogen) atoms. The first-order chi connectivity index (χ1) is 13.4. The molecule has 0 unspecified atom stereocenters. The molecule has 0 aliphatic rings. The van der Waals surface area contributed by atoms with Crippen LogP contribution in [0.15, 0.2) is 24.3 Å². The lowest BCUT2D eigenvalue weighted by molar-refractivity contribution is 0.414. The molecule has 0 N–H and O–H groups in total. The molecule has 1 nitrogen and oxygen atoms in total. The maximum Gasteiger partial charge on any atom is 0.119 e. The molecule has 0 aliphatic carbocycles. The van der Waals surface area contributed by atoms with Crippen molar-refractivity contribution < 1.29 is 4.74 Å². The van der Waals surface area contributed by atoms with Crippen LogP contribution in [0.1, 0.15) is 115 Å². The van der Waals surface area contributed by atoms with E-state index in [1.807, 2.05) is 6.07 Å². The number of unbranched alkanes of at least 4 members (excludes halogenated alkanes) is 16. The third kappa shape index (κ3) is 14.7. The van der Waals surface area contributed by atoms with Gasteiger partial charge >= 0.3 is 0 Å². The van der Waals surface area contributed by atoms with Gasteiger partial charge in [0, 0.05) is 0 Å². The number of methoxy groups -OCH3 is 1. The van der Waals surface area contributed by atoms with Gasteiger partial charge in [-0.3, -0.25) is 0 Å². The van der Waals surface area contributed by atoms with Gasteiger partial charge < -0.3 is 4.74 Å². The summed E-state index contributed by atoms with van der Waals surface area (Å²) in [5, 5.41) is 0. The van der Waals surface area contributed by atoms with E-state index >= 15 is 0 Å². The Morgan fingerprint density at radius 1 is 0.704 bits per heavy atom. The monoisotopic (exact) mass is 373 g/mol. The Morgan fingerprint density at radius 2 is 1.26 bits per heavy atom. The number of rotatable bonds is 19. The van der Waals surface area contributed by atoms with Crippen LogP contribution in [-0.2, 0) is 6.42 Å². The topological polar surface area (TPSA) is 9.23 Å². The summed E-state index contributed by atoms with van der Waals surface area (Å²) < 4.78 is 5.28. The predicted octanol–water partition coefficient (Wildman–Crippen LogP) is 8.70. The molecular weight excluding hydrogens is 328 g/mol. The van der Waals surface area contributed by atoms with Crippen LogP contribution >= 0.6 is 0 Å². The van der Waals surface area contributed by atoms with Crippen LogP contribution in [0, 0.1) is 6.42 Å². The Hall–Kier alpha value is -0.980. The highest BCUT2D eigenvalue weighted by Gasteiger charge is 1.98. The normalized spacial score (nSPS) is 11.0. The molecule has 0 bridgehead atoms. The van der Waals surface area contributed by atoms with Crippen LogP contribution in [0.5, 0.6) is 5.75 Å². The number of aryl methyl sites for hydroxylation is 1. The van der Waals surface area contributed by atoms with Gasteiger partial charge in [-0.2, -0.15) is 0 Å². The molecule has 1 rings (SSSR count). The fourth-order valence-electron chi connectivity index (χ4n) is 3.73. The van der Waals surface area contributed by atoms with Crippen molar-refractivity contribution in [3.63, 3.8) is 0 Å². The molecule has 0 aromatic heterocycles. The Bertz CT molecular complexity index is 426. The van der Waals surface area contributed by atoms with Crippen LogP contribution in [0.4, 0.5) is 0 Å². The summed E-state index contributed by atoms with van der Waals surface area (Å²) in [6.45, 7) is 2.29. The van der Waals surface area contributed by atoms with E-state index in [2.05, 4.69) is 31.5 Å². The van der Waals surface area contributed by atoms with E-state index in [9.17, 15) is 0 Å². The van der Waals surface area contributed by atoms with Crippen molar-refractivity contribution in [3.8, 4) is 5.75 Å². The van der Waals surface area contributed by atoms with Crippen molar-refractivity contribution in [1.82, 2.24) is 0 Å². The molecule has 0 atom stereocenters. The molecule has 0 amide bonds. The SMILES string of the molecule is CCCCCCCCCCCCCCC[CH]CCCc1cccc(OC)c1. The molecule has 1 aromatic rings. The third-order valence-corrected chi connectivity index (χ3v) is 5.52. The van der Waals surface area contributed by atoms with Crippen LogP contribution in [-0.4, -0.2) is 7.11 Å². The Kier molecular flexibility index (Phi) is 16.4. The Balaban J connectivity index is 1.76. The second-order valence-corrected chi connectivity index (χ2v) is 8.06. The van der Waals surface area contributed by atoms with Gasteiger partial charge in [-0.15, -0.1) is 0 Å². The van der Waals surface area contributed by atoms with E-state index in [0.29, 0.717) is 0 Å². The molecule has 0 aliphatic heterocycles. The molecule has 0 spiro atoms. The molecule has 0 saturated heterocycles. The summed E-state index contributed by atoms with van der Waals surface area (Å²) >= 11 is 0. The highest BCUT2D eigenvalue weighted by molar-refractivity contribution is 5.28. The fourth-order valence-corrected chi connectivity index (χ4v) is 3.73. The summed E-state index contributed by atoms with van der Waals surface area (Å²) in [6, 6.07) is 8.47. The molecule has 0 fully saturated rings. The second kappa shape index (κ2) is 18.4. The quantitative estimate of drug-likeness (QED) is 0.220. The maximum absolute atomic E-state index is 5.28. The summed E-state index contributed by atoms with van der Waals surface area (Å²) in [5.41, 5.74) is 1.39. The molecule has 1 radical (unpaired) electrons. The van der Waals surface area contributed by atoms with E-state index in [0.717, 1.165) is 12.2 Å². The van der Waals surface area contributed by atoms with Gasteiger partial charge in [0.25, 0.3) is 0 Å². The van der Waals surface area contributed by atoms with Crippen LogP contribution in [0.25, 0.3) is 0 Å². The zero-order chi connectivity index (χ0) is 19.4. The van der Waals surface area contributed by atoms with Gasteiger partial charge in [-0.25, -0.2) is 0 Å². The molecule has 0 saturated carbocycles. The van der Waals surface area contributed by atoms with Crippen molar-refractivity contribution in [3.05, 3.63) is 36.2 Å². The van der Waals surface area contributed by atoms with Gasteiger partial charge in [0.05, 0.1) is 7.11 Å². The lowest BCUT2D eigenvalue weighted by Crippen LogP contribution is -1.89. The van der Waals surface area contributed by atoms with Crippen LogP contribution < -0.4 is 4.74 Å². The molecule has 1 heteroatoms. The van der Waals surface area contributed by atoms with Crippen molar-refractivity contribution >= 4 is 0 Å². The standard InChI is InChI=1S/C26H45O/c1-3-4-5-6-7-8-9-10-11-12-13-14-15-16-17-18-19-21-25-22-20-23-26(24-25)27-2/h17,20,22-24H,3-16,18-19,21H2,1-2H3. The highest BCUT2D eigenvalue weighted by Crippen LogP contribution is 2.16. The second-order valence-electron chi connectivity index (χ2n) is 8.06. The number of ether oxygens (including phenoxy) is 1. The van der Waals surface area contributed by atoms with E-state index < -0.39 is 0 Å². The lowest BCUT2D eigenvalue weighted by Gasteiger charge is -2.05. The van der Waals surface area contributed by atoms with E-state index in [1.54, 1.807) is 7.11 Å². The van der Waals surface area contributed by atoms with Crippen LogP contribution in [0.2, 0.25) is 0 Å². The zero-order valence-corrected chi connectivity index (χ0v) is 18.3. The van der Waals surface area contributed by atoms with E-state index in [4.69, 9.17) is 4.74 Å². The maximum atomic E-state index is 5.28. The van der Waals surface area contributed by atoms with Crippen molar-refractivity contribution in [2.75, 3.05) is 7.11 Å². The van der Waals surface area contributed by atoms with Gasteiger partial charge in [0.1, 0.15) is 5.75 Å². The first kappa shape index (κ1) is 24.1. The van der Waals surface area contributed by atoms with Gasteiger partial charge in [-0.05, 0) is 43.4 Å². The number of hydrogen-bond acceptors (Lipinski definition) is 1. The molecule has 155 valence electrons. The number of benzene rings is 1. The minimum Gasteiger partial charge on any atom is -0.497 e. The predicted molar refractivity (Wildman–Crippen MR) is 121 cm³/mol. The largest absolute Gasteiger partial charge is 0.497 e. The molecule has 1 aromatic carbocycles. The number of hydrogen-bond donors (Lipinski definition) is 0. The fraction of sp³-hybridized carbons (Fsp3) is 0.731. The van der Waals surface area contributed by atoms with Crippen molar-refractivity contribution in [1.29, 1.82) is 0 Å². The van der Waals surface area contributed by atoms with Gasteiger partial charge in [-0.1, -0.05) is 109 Å². The lowest BCUT2D eigenvalue weighted by atomic mass is 10.0. The first-order valence-electron chi connectivity index (χ1n) is 11.8. The minimum atomic E-state index is 0.975. The third-order valence-electron chi connectivity index (χ3n) is 5.52. The van der Waals surface area contributed by atoms with Gasteiger partial charge in [0.15, 0.2) is 0 Å². The highest BCUT2D eigenvalue weighted by atomic mass is 16.5. The van der Waals surface area contributed by atoms with Crippen molar-refractivity contribution in [2.24, 2.45) is 0 Å². The summed E-state index contributed by atoms with van der Waals surface area (Å²) in [5.74, 6) is 0.975. The summed E-state index contributed by atoms with van der Waals surface area (Å²) in [6.07, 6.45) is 26.2. The Labute approximate surface area is 170 Å². The summed E-state index contributed by atoms with van der Waals surface area (Å²) in [4.78, 5) is 0. The smallest absolute Gasteiger partial charge is 0.119 e. The average molecular weight is 374 g/mol.